The smallest absolute Gasteiger partial charge is 0.169 e. The lowest BCUT2D eigenvalue weighted by molar-refractivity contribution is 0.0992. The van der Waals surface area contributed by atoms with Crippen molar-refractivity contribution in [2.45, 2.75) is 13.0 Å². The van der Waals surface area contributed by atoms with Crippen LogP contribution in [0.25, 0.3) is 21.9 Å². The molecular weight excluding hydrogens is 428 g/mol. The SMILES string of the molecule is CN1CCN(c2cc(C(=O)Cc3cc4cc(-c5cnn(C)c5CO)ccc4cn3)ccn2)CC1. The van der Waals surface area contributed by atoms with Gasteiger partial charge in [0.05, 0.1) is 24.9 Å². The summed E-state index contributed by atoms with van der Waals surface area (Å²) in [4.78, 5) is 26.6. The Balaban J connectivity index is 1.37. The van der Waals surface area contributed by atoms with Crippen molar-refractivity contribution in [3.05, 3.63) is 71.9 Å². The van der Waals surface area contributed by atoms with Crippen molar-refractivity contribution in [3.63, 3.8) is 0 Å². The molecular formula is C26H28N6O2. The van der Waals surface area contributed by atoms with Gasteiger partial charge in [-0.15, -0.1) is 0 Å². The summed E-state index contributed by atoms with van der Waals surface area (Å²) in [6.07, 6.45) is 5.51. The number of Topliss-reactive ketones (excluding diaryl/α,β-unsaturated/α-hetero) is 1. The highest BCUT2D eigenvalue weighted by Gasteiger charge is 2.17. The van der Waals surface area contributed by atoms with Crippen molar-refractivity contribution < 1.29 is 9.90 Å². The molecule has 174 valence electrons. The number of carbonyl (C=O) groups excluding carboxylic acids is 1. The summed E-state index contributed by atoms with van der Waals surface area (Å²) < 4.78 is 1.68. The van der Waals surface area contributed by atoms with E-state index in [1.807, 2.05) is 31.3 Å². The molecule has 34 heavy (non-hydrogen) atoms. The van der Waals surface area contributed by atoms with Crippen LogP contribution in [0.2, 0.25) is 0 Å². The van der Waals surface area contributed by atoms with Crippen molar-refractivity contribution in [1.29, 1.82) is 0 Å². The van der Waals surface area contributed by atoms with Crippen molar-refractivity contribution >= 4 is 22.4 Å². The molecule has 1 fully saturated rings. The molecule has 1 aromatic carbocycles. The predicted molar refractivity (Wildman–Crippen MR) is 132 cm³/mol. The maximum absolute atomic E-state index is 13.1. The van der Waals surface area contributed by atoms with E-state index in [0.717, 1.165) is 65.3 Å². The van der Waals surface area contributed by atoms with Crippen LogP contribution in [0.1, 0.15) is 21.7 Å². The van der Waals surface area contributed by atoms with Gasteiger partial charge in [0.25, 0.3) is 0 Å². The third-order valence-corrected chi connectivity index (χ3v) is 6.54. The van der Waals surface area contributed by atoms with Crippen LogP contribution in [0.5, 0.6) is 0 Å². The second-order valence-corrected chi connectivity index (χ2v) is 8.82. The van der Waals surface area contributed by atoms with Crippen molar-refractivity contribution in [3.8, 4) is 11.1 Å². The Morgan fingerprint density at radius 2 is 1.79 bits per heavy atom. The highest BCUT2D eigenvalue weighted by Crippen LogP contribution is 2.27. The van der Waals surface area contributed by atoms with Gasteiger partial charge in [-0.1, -0.05) is 12.1 Å². The molecule has 4 aromatic rings. The Kier molecular flexibility index (Phi) is 6.08. The summed E-state index contributed by atoms with van der Waals surface area (Å²) in [5, 5.41) is 16.0. The van der Waals surface area contributed by atoms with Crippen LogP contribution < -0.4 is 4.90 Å². The zero-order valence-corrected chi connectivity index (χ0v) is 19.5. The number of aromatic nitrogens is 4. The van der Waals surface area contributed by atoms with Crippen LogP contribution in [-0.4, -0.2) is 68.8 Å². The van der Waals surface area contributed by atoms with Gasteiger partial charge >= 0.3 is 0 Å². The Hall–Kier alpha value is -3.62. The maximum Gasteiger partial charge on any atom is 0.169 e. The molecule has 8 heteroatoms. The summed E-state index contributed by atoms with van der Waals surface area (Å²) in [6.45, 7) is 3.71. The van der Waals surface area contributed by atoms with Gasteiger partial charge < -0.3 is 14.9 Å². The number of nitrogens with zero attached hydrogens (tertiary/aromatic N) is 6. The zero-order chi connectivity index (χ0) is 23.7. The molecule has 0 radical (unpaired) electrons. The van der Waals surface area contributed by atoms with Crippen LogP contribution in [0.15, 0.2) is 55.0 Å². The molecule has 0 amide bonds. The molecule has 0 atom stereocenters. The summed E-state index contributed by atoms with van der Waals surface area (Å²) in [5.74, 6) is 0.877. The van der Waals surface area contributed by atoms with E-state index in [-0.39, 0.29) is 18.8 Å². The van der Waals surface area contributed by atoms with E-state index in [9.17, 15) is 9.90 Å². The van der Waals surface area contributed by atoms with E-state index in [4.69, 9.17) is 0 Å². The molecule has 1 saturated heterocycles. The first-order valence-electron chi connectivity index (χ1n) is 11.5. The molecule has 8 nitrogen and oxygen atoms in total. The molecule has 1 aliphatic heterocycles. The third kappa shape index (κ3) is 4.42. The molecule has 1 aliphatic rings. The minimum Gasteiger partial charge on any atom is -0.390 e. The number of rotatable bonds is 6. The van der Waals surface area contributed by atoms with Gasteiger partial charge in [0.15, 0.2) is 5.78 Å². The molecule has 1 N–H and O–H groups in total. The number of hydrogen-bond acceptors (Lipinski definition) is 7. The lowest BCUT2D eigenvalue weighted by Gasteiger charge is -2.33. The maximum atomic E-state index is 13.1. The van der Waals surface area contributed by atoms with Gasteiger partial charge in [-0.25, -0.2) is 4.98 Å². The number of piperazine rings is 1. The molecule has 0 spiro atoms. The topological polar surface area (TPSA) is 87.4 Å². The zero-order valence-electron chi connectivity index (χ0n) is 19.5. The first-order valence-corrected chi connectivity index (χ1v) is 11.5. The summed E-state index contributed by atoms with van der Waals surface area (Å²) in [6, 6.07) is 11.7. The molecule has 0 unspecified atom stereocenters. The fourth-order valence-corrected chi connectivity index (χ4v) is 4.41. The third-order valence-electron chi connectivity index (χ3n) is 6.54. The number of hydrogen-bond donors (Lipinski definition) is 1. The Bertz CT molecular complexity index is 1340. The van der Waals surface area contributed by atoms with E-state index in [2.05, 4.69) is 38.0 Å². The van der Waals surface area contributed by atoms with Crippen molar-refractivity contribution in [2.75, 3.05) is 38.1 Å². The van der Waals surface area contributed by atoms with Crippen LogP contribution in [0.4, 0.5) is 5.82 Å². The van der Waals surface area contributed by atoms with Gasteiger partial charge in [-0.05, 0) is 42.3 Å². The molecule has 0 aliphatic carbocycles. The summed E-state index contributed by atoms with van der Waals surface area (Å²) >= 11 is 0. The lowest BCUT2D eigenvalue weighted by atomic mass is 10.0. The number of aliphatic hydroxyl groups excluding tert-OH is 1. The fourth-order valence-electron chi connectivity index (χ4n) is 4.41. The van der Waals surface area contributed by atoms with Gasteiger partial charge in [0.2, 0.25) is 0 Å². The van der Waals surface area contributed by atoms with Crippen LogP contribution >= 0.6 is 0 Å². The number of likely N-dealkylation sites (N-methyl/N-ethyl adjacent to an activating group) is 1. The normalized spacial score (nSPS) is 14.6. The molecule has 4 heterocycles. The first kappa shape index (κ1) is 22.2. The fraction of sp³-hybridized carbons (Fsp3) is 0.308. The van der Waals surface area contributed by atoms with E-state index < -0.39 is 0 Å². The number of aliphatic hydroxyl groups is 1. The quantitative estimate of drug-likeness (QED) is 0.447. The minimum absolute atomic E-state index is 0.0237. The molecule has 0 saturated carbocycles. The second-order valence-electron chi connectivity index (χ2n) is 8.82. The number of fused-ring (bicyclic) bond motifs is 1. The standard InChI is InChI=1S/C26H28N6O2/c1-30-7-9-32(10-8-30)26-13-19(5-6-27-26)25(34)14-22-12-21-11-18(3-4-20(21)15-28-22)23-16-29-31(2)24(23)17-33/h3-6,11-13,15-16,33H,7-10,14,17H2,1-2H3. The number of anilines is 1. The molecule has 0 bridgehead atoms. The van der Waals surface area contributed by atoms with E-state index in [0.29, 0.717) is 5.56 Å². The second kappa shape index (κ2) is 9.32. The summed E-state index contributed by atoms with van der Waals surface area (Å²) in [5.41, 5.74) is 4.01. The largest absolute Gasteiger partial charge is 0.390 e. The molecule has 5 rings (SSSR count). The lowest BCUT2D eigenvalue weighted by Crippen LogP contribution is -2.44. The monoisotopic (exact) mass is 456 g/mol. The van der Waals surface area contributed by atoms with Crippen molar-refractivity contribution in [2.24, 2.45) is 7.05 Å². The average Bonchev–Trinajstić information content (AvgIpc) is 3.24. The highest BCUT2D eigenvalue weighted by atomic mass is 16.3. The molecule has 3 aromatic heterocycles. The van der Waals surface area contributed by atoms with Crippen LogP contribution in [0.3, 0.4) is 0 Å². The van der Waals surface area contributed by atoms with Crippen molar-refractivity contribution in [1.82, 2.24) is 24.6 Å². The summed E-state index contributed by atoms with van der Waals surface area (Å²) in [7, 11) is 3.94. The number of pyridine rings is 2. The van der Waals surface area contributed by atoms with E-state index >= 15 is 0 Å². The number of ketones is 1. The van der Waals surface area contributed by atoms with Gasteiger partial charge in [-0.2, -0.15) is 5.10 Å². The van der Waals surface area contributed by atoms with Gasteiger partial charge in [-0.3, -0.25) is 14.5 Å². The first-order chi connectivity index (χ1) is 16.5. The number of benzene rings is 1. The van der Waals surface area contributed by atoms with E-state index in [1.165, 1.54) is 0 Å². The highest BCUT2D eigenvalue weighted by molar-refractivity contribution is 5.98. The minimum atomic E-state index is -0.0813. The number of carbonyl (C=O) groups is 1. The Labute approximate surface area is 198 Å². The van der Waals surface area contributed by atoms with Gasteiger partial charge in [0.1, 0.15) is 5.82 Å². The Morgan fingerprint density at radius 1 is 0.971 bits per heavy atom. The van der Waals surface area contributed by atoms with E-state index in [1.54, 1.807) is 29.3 Å². The average molecular weight is 457 g/mol. The van der Waals surface area contributed by atoms with Gasteiger partial charge in [0, 0.05) is 67.8 Å². The predicted octanol–water partition coefficient (Wildman–Crippen LogP) is 2.70. The van der Waals surface area contributed by atoms with Crippen LogP contribution in [0, 0.1) is 0 Å². The number of aryl methyl sites for hydroxylation is 1. The Morgan fingerprint density at radius 3 is 2.59 bits per heavy atom. The van der Waals surface area contributed by atoms with Crippen LogP contribution in [-0.2, 0) is 20.1 Å².